The summed E-state index contributed by atoms with van der Waals surface area (Å²) in [5.74, 6) is -0.918. The van der Waals surface area contributed by atoms with Gasteiger partial charge in [0.05, 0.1) is 0 Å². The number of hydrogen-bond acceptors (Lipinski definition) is 6. The predicted molar refractivity (Wildman–Crippen MR) is 362 cm³/mol. The van der Waals surface area contributed by atoms with Crippen LogP contribution in [0.3, 0.4) is 0 Å². The summed E-state index contributed by atoms with van der Waals surface area (Å²) in [5.41, 5.74) is 0. The van der Waals surface area contributed by atoms with Crippen LogP contribution in [0.2, 0.25) is 0 Å². The molecule has 83 heavy (non-hydrogen) atoms. The Balaban J connectivity index is 4.24. The van der Waals surface area contributed by atoms with E-state index in [1.54, 1.807) is 0 Å². The largest absolute Gasteiger partial charge is 0.462 e. The van der Waals surface area contributed by atoms with E-state index in [9.17, 15) is 14.4 Å². The van der Waals surface area contributed by atoms with Gasteiger partial charge in [-0.2, -0.15) is 0 Å². The topological polar surface area (TPSA) is 78.9 Å². The van der Waals surface area contributed by atoms with Crippen molar-refractivity contribution in [3.05, 3.63) is 146 Å². The SMILES string of the molecule is CC/C=C\C/C=C\C/C=C\C/C=C\C/C=C\C/C=C\CCCCCCCCCCCCCCCCC(=O)OCC(COC(=O)CCCCCCC/C=C\CCCC)OC(=O)CCCCCCC/C=C\C/C=C\C/C=C\C/C=C\C/C=C\CC. The fourth-order valence-corrected chi connectivity index (χ4v) is 9.22. The minimum Gasteiger partial charge on any atom is -0.462 e. The second kappa shape index (κ2) is 69.8. The van der Waals surface area contributed by atoms with E-state index in [0.29, 0.717) is 19.3 Å². The molecule has 0 saturated carbocycles. The lowest BCUT2D eigenvalue weighted by Crippen LogP contribution is -2.30. The van der Waals surface area contributed by atoms with E-state index in [1.165, 1.54) is 103 Å². The molecular formula is C77H126O6. The maximum atomic E-state index is 12.9. The smallest absolute Gasteiger partial charge is 0.306 e. The van der Waals surface area contributed by atoms with Gasteiger partial charge in [-0.1, -0.05) is 295 Å². The first kappa shape index (κ1) is 78.3. The number of ether oxygens (including phenoxy) is 3. The van der Waals surface area contributed by atoms with Crippen LogP contribution in [-0.4, -0.2) is 37.2 Å². The lowest BCUT2D eigenvalue weighted by Gasteiger charge is -2.18. The van der Waals surface area contributed by atoms with Gasteiger partial charge >= 0.3 is 17.9 Å². The van der Waals surface area contributed by atoms with Gasteiger partial charge < -0.3 is 14.2 Å². The first-order chi connectivity index (χ1) is 41.0. The van der Waals surface area contributed by atoms with Gasteiger partial charge in [0.15, 0.2) is 6.10 Å². The van der Waals surface area contributed by atoms with E-state index in [1.807, 2.05) is 0 Å². The number of unbranched alkanes of at least 4 members (excludes halogenated alkanes) is 26. The fraction of sp³-hybridized carbons (Fsp3) is 0.649. The maximum Gasteiger partial charge on any atom is 0.306 e. The molecule has 6 heteroatoms. The van der Waals surface area contributed by atoms with Crippen LogP contribution in [0, 0.1) is 0 Å². The van der Waals surface area contributed by atoms with Crippen molar-refractivity contribution in [3.8, 4) is 0 Å². The van der Waals surface area contributed by atoms with E-state index >= 15 is 0 Å². The number of esters is 3. The van der Waals surface area contributed by atoms with Gasteiger partial charge in [0, 0.05) is 19.3 Å². The molecule has 0 aromatic heterocycles. The van der Waals surface area contributed by atoms with Gasteiger partial charge in [0.1, 0.15) is 13.2 Å². The highest BCUT2D eigenvalue weighted by Crippen LogP contribution is 2.16. The molecule has 0 saturated heterocycles. The molecule has 6 nitrogen and oxygen atoms in total. The van der Waals surface area contributed by atoms with Crippen molar-refractivity contribution in [1.29, 1.82) is 0 Å². The standard InChI is InChI=1S/C77H126O6/c1-4-7-10-13-16-19-22-24-26-28-30-32-33-34-35-36-37-38-39-40-41-42-43-45-46-48-50-52-55-58-61-64-67-70-76(79)82-73-74(72-81-75(78)69-66-63-60-57-54-21-18-15-12-9-6-3)83-77(80)71-68-65-62-59-56-53-51-49-47-44-31-29-27-25-23-20-17-14-11-8-5-2/h7-8,10-11,15-20,24-27,30-32,34-35,37-38,44,49,51,74H,4-6,9,12-14,21-23,28-29,33,36,39-43,45-48,50,52-73H2,1-3H3/b10-7-,11-8-,18-15-,19-16-,20-17-,26-24-,27-25-,32-30-,35-34-,38-37-,44-31-,51-49-. The van der Waals surface area contributed by atoms with Crippen molar-refractivity contribution >= 4 is 17.9 Å². The third-order valence-corrected chi connectivity index (χ3v) is 14.3. The minimum absolute atomic E-state index is 0.0917. The first-order valence-electron chi connectivity index (χ1n) is 34.3. The third-order valence-electron chi connectivity index (χ3n) is 14.3. The number of carbonyl (C=O) groups is 3. The maximum absolute atomic E-state index is 12.9. The van der Waals surface area contributed by atoms with Gasteiger partial charge in [-0.15, -0.1) is 0 Å². The summed E-state index contributed by atoms with van der Waals surface area (Å²) >= 11 is 0. The average molecular weight is 1150 g/mol. The highest BCUT2D eigenvalue weighted by atomic mass is 16.6. The van der Waals surface area contributed by atoms with Crippen LogP contribution in [0.1, 0.15) is 303 Å². The molecular weight excluding hydrogens is 1020 g/mol. The van der Waals surface area contributed by atoms with Crippen molar-refractivity contribution < 1.29 is 28.6 Å². The predicted octanol–water partition coefficient (Wildman–Crippen LogP) is 23.9. The molecule has 0 radical (unpaired) electrons. The van der Waals surface area contributed by atoms with Crippen LogP contribution in [0.4, 0.5) is 0 Å². The molecule has 0 aromatic carbocycles. The van der Waals surface area contributed by atoms with Gasteiger partial charge in [-0.3, -0.25) is 14.4 Å². The zero-order valence-electron chi connectivity index (χ0n) is 53.9. The quantitative estimate of drug-likeness (QED) is 0.0261. The lowest BCUT2D eigenvalue weighted by atomic mass is 10.0. The number of carbonyl (C=O) groups excluding carboxylic acids is 3. The second-order valence-corrected chi connectivity index (χ2v) is 22.3. The molecule has 1 unspecified atom stereocenters. The summed E-state index contributed by atoms with van der Waals surface area (Å²) < 4.78 is 16.9. The van der Waals surface area contributed by atoms with E-state index in [0.717, 1.165) is 161 Å². The zero-order chi connectivity index (χ0) is 59.9. The van der Waals surface area contributed by atoms with E-state index in [-0.39, 0.29) is 31.1 Å². The fourth-order valence-electron chi connectivity index (χ4n) is 9.22. The van der Waals surface area contributed by atoms with E-state index in [2.05, 4.69) is 167 Å². The molecule has 470 valence electrons. The van der Waals surface area contributed by atoms with Crippen LogP contribution in [0.5, 0.6) is 0 Å². The Labute approximate surface area is 512 Å². The molecule has 0 amide bonds. The Bertz CT molecular complexity index is 1800. The van der Waals surface area contributed by atoms with Gasteiger partial charge in [-0.25, -0.2) is 0 Å². The summed E-state index contributed by atoms with van der Waals surface area (Å²) in [6.07, 6.45) is 100. The van der Waals surface area contributed by atoms with Crippen LogP contribution in [-0.2, 0) is 28.6 Å². The highest BCUT2D eigenvalue weighted by molar-refractivity contribution is 5.71. The summed E-state index contributed by atoms with van der Waals surface area (Å²) in [4.78, 5) is 38.3. The van der Waals surface area contributed by atoms with E-state index in [4.69, 9.17) is 14.2 Å². The highest BCUT2D eigenvalue weighted by Gasteiger charge is 2.19. The van der Waals surface area contributed by atoms with Crippen molar-refractivity contribution in [2.24, 2.45) is 0 Å². The molecule has 0 aromatic rings. The Morgan fingerprint density at radius 2 is 0.470 bits per heavy atom. The molecule has 0 rings (SSSR count). The Hall–Kier alpha value is -4.71. The number of allylic oxidation sites excluding steroid dienone is 24. The summed E-state index contributed by atoms with van der Waals surface area (Å²) in [5, 5.41) is 0. The summed E-state index contributed by atoms with van der Waals surface area (Å²) in [7, 11) is 0. The lowest BCUT2D eigenvalue weighted by molar-refractivity contribution is -0.167. The summed E-state index contributed by atoms with van der Waals surface area (Å²) in [6.45, 7) is 6.36. The number of hydrogen-bond donors (Lipinski definition) is 0. The molecule has 0 heterocycles. The number of rotatable bonds is 61. The Kier molecular flexibility index (Phi) is 65.8. The summed E-state index contributed by atoms with van der Waals surface area (Å²) in [6, 6.07) is 0. The molecule has 0 aliphatic rings. The monoisotopic (exact) mass is 1150 g/mol. The second-order valence-electron chi connectivity index (χ2n) is 22.3. The van der Waals surface area contributed by atoms with Gasteiger partial charge in [-0.05, 0) is 135 Å². The minimum atomic E-state index is -0.797. The Morgan fingerprint density at radius 1 is 0.253 bits per heavy atom. The molecule has 0 N–H and O–H groups in total. The van der Waals surface area contributed by atoms with Gasteiger partial charge in [0.2, 0.25) is 0 Å². The van der Waals surface area contributed by atoms with Crippen molar-refractivity contribution in [3.63, 3.8) is 0 Å². The first-order valence-corrected chi connectivity index (χ1v) is 34.3. The van der Waals surface area contributed by atoms with Crippen LogP contribution < -0.4 is 0 Å². The van der Waals surface area contributed by atoms with Crippen molar-refractivity contribution in [1.82, 2.24) is 0 Å². The third kappa shape index (κ3) is 68.0. The van der Waals surface area contributed by atoms with Crippen LogP contribution in [0.15, 0.2) is 146 Å². The van der Waals surface area contributed by atoms with Crippen molar-refractivity contribution in [2.45, 2.75) is 309 Å². The molecule has 0 bridgehead atoms. The molecule has 0 spiro atoms. The molecule has 1 atom stereocenters. The van der Waals surface area contributed by atoms with E-state index < -0.39 is 6.10 Å². The molecule has 0 fully saturated rings. The van der Waals surface area contributed by atoms with Crippen LogP contribution in [0.25, 0.3) is 0 Å². The zero-order valence-corrected chi connectivity index (χ0v) is 53.9. The Morgan fingerprint density at radius 3 is 0.747 bits per heavy atom. The van der Waals surface area contributed by atoms with Crippen molar-refractivity contribution in [2.75, 3.05) is 13.2 Å². The average Bonchev–Trinajstić information content (AvgIpc) is 3.48. The normalized spacial score (nSPS) is 13.0. The van der Waals surface area contributed by atoms with Crippen LogP contribution >= 0.6 is 0 Å². The molecule has 0 aliphatic carbocycles. The molecule has 0 aliphatic heterocycles. The van der Waals surface area contributed by atoms with Gasteiger partial charge in [0.25, 0.3) is 0 Å².